The highest BCUT2D eigenvalue weighted by Crippen LogP contribution is 2.53. The van der Waals surface area contributed by atoms with Gasteiger partial charge in [0.05, 0.1) is 10.7 Å². The number of nitrogen functional groups attached to an aromatic ring is 1. The third-order valence-corrected chi connectivity index (χ3v) is 5.91. The van der Waals surface area contributed by atoms with Crippen LogP contribution in [0.25, 0.3) is 0 Å². The third kappa shape index (κ3) is 2.33. The summed E-state index contributed by atoms with van der Waals surface area (Å²) in [6, 6.07) is 8.07. The van der Waals surface area contributed by atoms with Crippen molar-refractivity contribution in [1.82, 2.24) is 10.1 Å². The van der Waals surface area contributed by atoms with Crippen LogP contribution in [0.3, 0.4) is 0 Å². The van der Waals surface area contributed by atoms with Gasteiger partial charge in [-0.3, -0.25) is 0 Å². The van der Waals surface area contributed by atoms with E-state index in [2.05, 4.69) is 17.3 Å². The summed E-state index contributed by atoms with van der Waals surface area (Å²) in [7, 11) is 0. The van der Waals surface area contributed by atoms with E-state index in [4.69, 9.17) is 15.2 Å². The molecule has 4 nitrogen and oxygen atoms in total. The van der Waals surface area contributed by atoms with E-state index in [1.54, 1.807) is 0 Å². The van der Waals surface area contributed by atoms with Crippen molar-refractivity contribution in [3.8, 4) is 0 Å². The summed E-state index contributed by atoms with van der Waals surface area (Å²) in [5.74, 6) is 2.88. The van der Waals surface area contributed by atoms with Crippen molar-refractivity contribution in [3.63, 3.8) is 0 Å². The smallest absolute Gasteiger partial charge is 0.237 e. The first-order valence-electron chi connectivity index (χ1n) is 7.60. The van der Waals surface area contributed by atoms with Crippen LogP contribution in [0, 0.1) is 0 Å². The molecule has 2 fully saturated rings. The number of hydrogen-bond acceptors (Lipinski definition) is 5. The molecular weight excluding hydrogens is 282 g/mol. The molecule has 4 rings (SSSR count). The molecule has 0 spiro atoms. The molecule has 0 radical (unpaired) electrons. The van der Waals surface area contributed by atoms with Crippen molar-refractivity contribution in [3.05, 3.63) is 41.5 Å². The van der Waals surface area contributed by atoms with Gasteiger partial charge in [-0.15, -0.1) is 0 Å². The average Bonchev–Trinajstić information content (AvgIpc) is 3.19. The lowest BCUT2D eigenvalue weighted by molar-refractivity contribution is 0.354. The van der Waals surface area contributed by atoms with Crippen molar-refractivity contribution in [2.24, 2.45) is 0 Å². The lowest BCUT2D eigenvalue weighted by Crippen LogP contribution is -2.10. The Balaban J connectivity index is 1.61. The zero-order chi connectivity index (χ0) is 14.3. The molecule has 0 amide bonds. The summed E-state index contributed by atoms with van der Waals surface area (Å²) >= 11 is 1.96. The summed E-state index contributed by atoms with van der Waals surface area (Å²) in [6.45, 7) is 0. The van der Waals surface area contributed by atoms with Gasteiger partial charge in [0.1, 0.15) is 0 Å². The van der Waals surface area contributed by atoms with Gasteiger partial charge in [-0.05, 0) is 49.1 Å². The average molecular weight is 301 g/mol. The molecule has 2 heterocycles. The topological polar surface area (TPSA) is 64.9 Å². The quantitative estimate of drug-likeness (QED) is 0.876. The second-order valence-corrected chi connectivity index (χ2v) is 7.33. The van der Waals surface area contributed by atoms with Crippen LogP contribution in [0.4, 0.5) is 5.69 Å². The van der Waals surface area contributed by atoms with Gasteiger partial charge in [-0.2, -0.15) is 16.7 Å². The van der Waals surface area contributed by atoms with Crippen LogP contribution >= 0.6 is 11.8 Å². The number of aromatic nitrogens is 2. The first-order chi connectivity index (χ1) is 10.3. The zero-order valence-electron chi connectivity index (χ0n) is 11.9. The first kappa shape index (κ1) is 13.2. The van der Waals surface area contributed by atoms with Crippen molar-refractivity contribution in [2.45, 2.75) is 42.8 Å². The minimum absolute atomic E-state index is 0.0573. The van der Waals surface area contributed by atoms with Gasteiger partial charge < -0.3 is 10.3 Å². The van der Waals surface area contributed by atoms with Crippen LogP contribution in [-0.4, -0.2) is 15.9 Å². The van der Waals surface area contributed by atoms with Gasteiger partial charge in [0.15, 0.2) is 5.82 Å². The van der Waals surface area contributed by atoms with Crippen molar-refractivity contribution >= 4 is 17.4 Å². The Morgan fingerprint density at radius 2 is 2.00 bits per heavy atom. The number of rotatable bonds is 3. The number of nitrogens with zero attached hydrogens (tertiary/aromatic N) is 2. The fraction of sp³-hybridized carbons (Fsp3) is 0.500. The van der Waals surface area contributed by atoms with Crippen LogP contribution in [0.1, 0.15) is 54.6 Å². The van der Waals surface area contributed by atoms with Gasteiger partial charge in [0.2, 0.25) is 5.89 Å². The van der Waals surface area contributed by atoms with E-state index < -0.39 is 0 Å². The summed E-state index contributed by atoms with van der Waals surface area (Å²) in [4.78, 5) is 4.74. The number of benzene rings is 1. The minimum atomic E-state index is -0.0573. The summed E-state index contributed by atoms with van der Waals surface area (Å²) in [5.41, 5.74) is 7.75. The highest BCUT2D eigenvalue weighted by Gasteiger charge is 2.51. The Morgan fingerprint density at radius 3 is 2.67 bits per heavy atom. The molecule has 1 atom stereocenters. The lowest BCUT2D eigenvalue weighted by Gasteiger charge is -2.17. The summed E-state index contributed by atoms with van der Waals surface area (Å²) < 4.78 is 5.62. The molecule has 1 aromatic carbocycles. The molecule has 1 aliphatic carbocycles. The molecule has 0 bridgehead atoms. The predicted octanol–water partition coefficient (Wildman–Crippen LogP) is 3.69. The van der Waals surface area contributed by atoms with E-state index >= 15 is 0 Å². The van der Waals surface area contributed by atoms with E-state index in [0.717, 1.165) is 30.2 Å². The summed E-state index contributed by atoms with van der Waals surface area (Å²) in [5, 5.41) is 4.67. The molecule has 2 aliphatic rings. The van der Waals surface area contributed by atoms with Gasteiger partial charge >= 0.3 is 0 Å². The molecule has 1 aromatic heterocycles. The van der Waals surface area contributed by atoms with Gasteiger partial charge in [0, 0.05) is 5.69 Å². The van der Waals surface area contributed by atoms with Crippen LogP contribution in [0.5, 0.6) is 0 Å². The highest BCUT2D eigenvalue weighted by molar-refractivity contribution is 7.99. The van der Waals surface area contributed by atoms with Gasteiger partial charge in [-0.25, -0.2) is 0 Å². The number of anilines is 1. The van der Waals surface area contributed by atoms with E-state index in [9.17, 15) is 0 Å². The highest BCUT2D eigenvalue weighted by atomic mass is 32.2. The van der Waals surface area contributed by atoms with E-state index in [0.29, 0.717) is 5.25 Å². The Bertz CT molecular complexity index is 627. The number of nitrogens with two attached hydrogens (primary N) is 1. The van der Waals surface area contributed by atoms with Crippen LogP contribution in [-0.2, 0) is 5.41 Å². The Labute approximate surface area is 128 Å². The van der Waals surface area contributed by atoms with Gasteiger partial charge in [-0.1, -0.05) is 23.7 Å². The first-order valence-corrected chi connectivity index (χ1v) is 8.64. The molecule has 2 N–H and O–H groups in total. The van der Waals surface area contributed by atoms with E-state index in [-0.39, 0.29) is 5.41 Å². The largest absolute Gasteiger partial charge is 0.399 e. The van der Waals surface area contributed by atoms with Crippen LogP contribution in [0.15, 0.2) is 28.8 Å². The Morgan fingerprint density at radius 1 is 1.19 bits per heavy atom. The lowest BCUT2D eigenvalue weighted by atomic mass is 9.95. The standard InChI is InChI=1S/C16H19N3OS/c17-12-6-4-11(5-7-12)16(8-9-16)15-18-14(19-20-15)13-3-1-2-10-21-13/h4-7,13H,1-3,8-10,17H2. The fourth-order valence-electron chi connectivity index (χ4n) is 3.06. The third-order valence-electron chi connectivity index (χ3n) is 4.53. The SMILES string of the molecule is Nc1ccc(C2(c3nc(C4CCCCS4)no3)CC2)cc1. The van der Waals surface area contributed by atoms with E-state index in [1.165, 1.54) is 30.6 Å². The van der Waals surface area contributed by atoms with Crippen molar-refractivity contribution < 1.29 is 4.52 Å². The Hall–Kier alpha value is -1.49. The second-order valence-electron chi connectivity index (χ2n) is 6.02. The zero-order valence-corrected chi connectivity index (χ0v) is 12.7. The number of hydrogen-bond donors (Lipinski definition) is 1. The fourth-order valence-corrected chi connectivity index (χ4v) is 4.29. The normalized spacial score (nSPS) is 23.9. The molecule has 1 saturated heterocycles. The van der Waals surface area contributed by atoms with E-state index in [1.807, 2.05) is 23.9 Å². The molecule has 21 heavy (non-hydrogen) atoms. The van der Waals surface area contributed by atoms with Crippen molar-refractivity contribution in [1.29, 1.82) is 0 Å². The molecule has 110 valence electrons. The maximum atomic E-state index is 5.78. The van der Waals surface area contributed by atoms with Crippen LogP contribution < -0.4 is 5.73 Å². The molecule has 2 aromatic rings. The molecule has 5 heteroatoms. The monoisotopic (exact) mass is 301 g/mol. The van der Waals surface area contributed by atoms with Crippen molar-refractivity contribution in [2.75, 3.05) is 11.5 Å². The summed E-state index contributed by atoms with van der Waals surface area (Å²) in [6.07, 6.45) is 5.90. The predicted molar refractivity (Wildman–Crippen MR) is 84.2 cm³/mol. The number of thioether (sulfide) groups is 1. The molecule has 1 aliphatic heterocycles. The molecule has 1 saturated carbocycles. The van der Waals surface area contributed by atoms with Gasteiger partial charge in [0.25, 0.3) is 0 Å². The molecule has 1 unspecified atom stereocenters. The van der Waals surface area contributed by atoms with Crippen LogP contribution in [0.2, 0.25) is 0 Å². The second kappa shape index (κ2) is 5.05. The minimum Gasteiger partial charge on any atom is -0.399 e. The Kier molecular flexibility index (Phi) is 3.17. The maximum absolute atomic E-state index is 5.78. The molecular formula is C16H19N3OS. The maximum Gasteiger partial charge on any atom is 0.237 e.